The summed E-state index contributed by atoms with van der Waals surface area (Å²) >= 11 is 0. The van der Waals surface area contributed by atoms with Crippen LogP contribution in [0.5, 0.6) is 0 Å². The van der Waals surface area contributed by atoms with Crippen LogP contribution in [-0.4, -0.2) is 24.4 Å². The normalized spacial score (nSPS) is 11.2. The molecule has 3 heteroatoms. The summed E-state index contributed by atoms with van der Waals surface area (Å²) in [6.07, 6.45) is 0.944. The molecule has 0 aliphatic rings. The van der Waals surface area contributed by atoms with Gasteiger partial charge in [0.1, 0.15) is 5.58 Å². The number of hydrogen-bond acceptors (Lipinski definition) is 2. The Balaban J connectivity index is 2.33. The lowest BCUT2D eigenvalue weighted by Gasteiger charge is -2.13. The van der Waals surface area contributed by atoms with Crippen molar-refractivity contribution in [2.75, 3.05) is 13.6 Å². The second-order valence-electron chi connectivity index (χ2n) is 5.29. The fraction of sp³-hybridized carbons (Fsp3) is 0.438. The van der Waals surface area contributed by atoms with Crippen LogP contribution in [0.2, 0.25) is 0 Å². The van der Waals surface area contributed by atoms with Gasteiger partial charge in [-0.2, -0.15) is 0 Å². The molecular weight excluding hydrogens is 238 g/mol. The summed E-state index contributed by atoms with van der Waals surface area (Å²) in [7, 11) is 1.80. The molecule has 1 heterocycles. The van der Waals surface area contributed by atoms with Crippen LogP contribution in [0.25, 0.3) is 11.0 Å². The van der Waals surface area contributed by atoms with Crippen molar-refractivity contribution < 1.29 is 9.21 Å². The largest absolute Gasteiger partial charge is 0.451 e. The van der Waals surface area contributed by atoms with E-state index in [-0.39, 0.29) is 5.91 Å². The van der Waals surface area contributed by atoms with Crippen molar-refractivity contribution in [1.82, 2.24) is 4.90 Å². The maximum absolute atomic E-state index is 12.2. The van der Waals surface area contributed by atoms with E-state index in [0.717, 1.165) is 23.9 Å². The minimum Gasteiger partial charge on any atom is -0.451 e. The highest BCUT2D eigenvalue weighted by Crippen LogP contribution is 2.24. The van der Waals surface area contributed by atoms with E-state index in [2.05, 4.69) is 32.9 Å². The Kier molecular flexibility index (Phi) is 3.93. The average molecular weight is 259 g/mol. The first kappa shape index (κ1) is 13.7. The lowest BCUT2D eigenvalue weighted by Crippen LogP contribution is -2.26. The molecule has 0 aliphatic heterocycles. The van der Waals surface area contributed by atoms with Gasteiger partial charge in [0.15, 0.2) is 5.76 Å². The van der Waals surface area contributed by atoms with E-state index in [9.17, 15) is 4.79 Å². The first-order valence-corrected chi connectivity index (χ1v) is 6.82. The summed E-state index contributed by atoms with van der Waals surface area (Å²) in [5.41, 5.74) is 2.03. The molecule has 3 nitrogen and oxygen atoms in total. The van der Waals surface area contributed by atoms with Crippen molar-refractivity contribution >= 4 is 16.9 Å². The molecule has 0 fully saturated rings. The SMILES string of the molecule is CCCN(C)C(=O)c1cc2cc(C(C)C)ccc2o1. The van der Waals surface area contributed by atoms with E-state index >= 15 is 0 Å². The fourth-order valence-corrected chi connectivity index (χ4v) is 2.15. The van der Waals surface area contributed by atoms with Crippen molar-refractivity contribution in [2.45, 2.75) is 33.1 Å². The molecule has 0 aliphatic carbocycles. The number of furan rings is 1. The van der Waals surface area contributed by atoms with Gasteiger partial charge in [-0.1, -0.05) is 26.8 Å². The highest BCUT2D eigenvalue weighted by Gasteiger charge is 2.16. The molecule has 0 N–H and O–H groups in total. The number of rotatable bonds is 4. The number of hydrogen-bond donors (Lipinski definition) is 0. The number of benzene rings is 1. The first-order chi connectivity index (χ1) is 9.02. The number of carbonyl (C=O) groups is 1. The predicted octanol–water partition coefficient (Wildman–Crippen LogP) is 4.04. The second-order valence-corrected chi connectivity index (χ2v) is 5.29. The maximum Gasteiger partial charge on any atom is 0.289 e. The monoisotopic (exact) mass is 259 g/mol. The number of nitrogens with zero attached hydrogens (tertiary/aromatic N) is 1. The van der Waals surface area contributed by atoms with Crippen LogP contribution in [-0.2, 0) is 0 Å². The van der Waals surface area contributed by atoms with Crippen LogP contribution in [0.4, 0.5) is 0 Å². The van der Waals surface area contributed by atoms with Crippen molar-refractivity contribution in [3.8, 4) is 0 Å². The van der Waals surface area contributed by atoms with Crippen molar-refractivity contribution in [1.29, 1.82) is 0 Å². The van der Waals surface area contributed by atoms with Gasteiger partial charge < -0.3 is 9.32 Å². The zero-order valence-electron chi connectivity index (χ0n) is 12.1. The Morgan fingerprint density at radius 1 is 1.32 bits per heavy atom. The lowest BCUT2D eigenvalue weighted by molar-refractivity contribution is 0.0766. The van der Waals surface area contributed by atoms with Crippen LogP contribution in [0.3, 0.4) is 0 Å². The predicted molar refractivity (Wildman–Crippen MR) is 77.6 cm³/mol. The van der Waals surface area contributed by atoms with Gasteiger partial charge >= 0.3 is 0 Å². The van der Waals surface area contributed by atoms with Gasteiger partial charge in [-0.25, -0.2) is 0 Å². The Hall–Kier alpha value is -1.77. The van der Waals surface area contributed by atoms with Gasteiger partial charge in [0.05, 0.1) is 0 Å². The molecule has 1 aromatic carbocycles. The molecule has 1 aromatic heterocycles. The van der Waals surface area contributed by atoms with Crippen LogP contribution in [0.1, 0.15) is 49.2 Å². The van der Waals surface area contributed by atoms with Crippen LogP contribution in [0.15, 0.2) is 28.7 Å². The van der Waals surface area contributed by atoms with Crippen molar-refractivity contribution in [3.63, 3.8) is 0 Å². The third-order valence-corrected chi connectivity index (χ3v) is 3.32. The van der Waals surface area contributed by atoms with Gasteiger partial charge in [0.25, 0.3) is 5.91 Å². The number of fused-ring (bicyclic) bond motifs is 1. The Labute approximate surface area is 114 Å². The van der Waals surface area contributed by atoms with E-state index in [4.69, 9.17) is 4.42 Å². The van der Waals surface area contributed by atoms with Crippen molar-refractivity contribution in [3.05, 3.63) is 35.6 Å². The van der Waals surface area contributed by atoms with E-state index in [1.165, 1.54) is 5.56 Å². The molecule has 0 saturated carbocycles. The molecule has 0 radical (unpaired) electrons. The lowest BCUT2D eigenvalue weighted by atomic mass is 10.0. The van der Waals surface area contributed by atoms with Gasteiger partial charge in [0, 0.05) is 19.0 Å². The summed E-state index contributed by atoms with van der Waals surface area (Å²) in [5, 5.41) is 0.999. The summed E-state index contributed by atoms with van der Waals surface area (Å²) in [6.45, 7) is 7.11. The van der Waals surface area contributed by atoms with E-state index in [1.54, 1.807) is 11.9 Å². The quantitative estimate of drug-likeness (QED) is 0.830. The Morgan fingerprint density at radius 2 is 2.05 bits per heavy atom. The molecule has 2 rings (SSSR count). The number of amides is 1. The molecule has 0 unspecified atom stereocenters. The van der Waals surface area contributed by atoms with E-state index in [1.807, 2.05) is 12.1 Å². The maximum atomic E-state index is 12.2. The summed E-state index contributed by atoms with van der Waals surface area (Å²) in [5.74, 6) is 0.845. The Bertz CT molecular complexity index is 583. The third-order valence-electron chi connectivity index (χ3n) is 3.32. The highest BCUT2D eigenvalue weighted by molar-refractivity contribution is 5.96. The zero-order valence-corrected chi connectivity index (χ0v) is 12.1. The smallest absolute Gasteiger partial charge is 0.289 e. The zero-order chi connectivity index (χ0) is 14.0. The topological polar surface area (TPSA) is 33.5 Å². The number of carbonyl (C=O) groups excluding carboxylic acids is 1. The summed E-state index contributed by atoms with van der Waals surface area (Å²) in [4.78, 5) is 13.9. The van der Waals surface area contributed by atoms with Crippen molar-refractivity contribution in [2.24, 2.45) is 0 Å². The molecule has 0 bridgehead atoms. The molecule has 2 aromatic rings. The molecule has 1 amide bonds. The molecule has 0 atom stereocenters. The second kappa shape index (κ2) is 5.47. The minimum absolute atomic E-state index is 0.0517. The van der Waals surface area contributed by atoms with Crippen LogP contribution >= 0.6 is 0 Å². The Morgan fingerprint density at radius 3 is 2.68 bits per heavy atom. The first-order valence-electron chi connectivity index (χ1n) is 6.82. The van der Waals surface area contributed by atoms with E-state index < -0.39 is 0 Å². The minimum atomic E-state index is -0.0517. The molecule has 19 heavy (non-hydrogen) atoms. The fourth-order valence-electron chi connectivity index (χ4n) is 2.15. The highest BCUT2D eigenvalue weighted by atomic mass is 16.3. The molecule has 0 spiro atoms. The summed E-state index contributed by atoms with van der Waals surface area (Å²) < 4.78 is 5.64. The average Bonchev–Trinajstić information content (AvgIpc) is 2.80. The summed E-state index contributed by atoms with van der Waals surface area (Å²) in [6, 6.07) is 7.94. The van der Waals surface area contributed by atoms with Gasteiger partial charge in [0.2, 0.25) is 0 Å². The van der Waals surface area contributed by atoms with Crippen LogP contribution < -0.4 is 0 Å². The van der Waals surface area contributed by atoms with Crippen LogP contribution in [0, 0.1) is 0 Å². The molecular formula is C16H21NO2. The standard InChI is InChI=1S/C16H21NO2/c1-5-8-17(4)16(18)15-10-13-9-12(11(2)3)6-7-14(13)19-15/h6-7,9-11H,5,8H2,1-4H3. The van der Waals surface area contributed by atoms with Gasteiger partial charge in [-0.05, 0) is 36.1 Å². The van der Waals surface area contributed by atoms with Gasteiger partial charge in [-0.15, -0.1) is 0 Å². The third kappa shape index (κ3) is 2.80. The van der Waals surface area contributed by atoms with Gasteiger partial charge in [-0.3, -0.25) is 4.79 Å². The van der Waals surface area contributed by atoms with E-state index in [0.29, 0.717) is 11.7 Å². The molecule has 102 valence electrons. The molecule has 0 saturated heterocycles.